The predicted octanol–water partition coefficient (Wildman–Crippen LogP) is 6.61. The Morgan fingerprint density at radius 2 is 1.18 bits per heavy atom. The molecular weight excluding hydrogens is 622 g/mol. The normalized spacial score (nSPS) is 23.3. The van der Waals surface area contributed by atoms with Gasteiger partial charge in [0.2, 0.25) is 0 Å². The highest BCUT2D eigenvalue weighted by molar-refractivity contribution is 5.83. The topological polar surface area (TPSA) is 92.8 Å². The van der Waals surface area contributed by atoms with Crippen molar-refractivity contribution in [1.82, 2.24) is 4.90 Å². The Morgan fingerprint density at radius 3 is 1.71 bits per heavy atom. The van der Waals surface area contributed by atoms with E-state index in [1.165, 1.54) is 4.90 Å². The molecule has 2 heterocycles. The average Bonchev–Trinajstić information content (AvgIpc) is 3.14. The van der Waals surface area contributed by atoms with Crippen LogP contribution in [0.2, 0.25) is 0 Å². The van der Waals surface area contributed by atoms with Crippen LogP contribution in [0.1, 0.15) is 28.7 Å². The van der Waals surface area contributed by atoms with Gasteiger partial charge in [-0.05, 0) is 28.7 Å². The molecule has 2 aliphatic heterocycles. The van der Waals surface area contributed by atoms with Crippen LogP contribution >= 0.6 is 0 Å². The zero-order valence-electron chi connectivity index (χ0n) is 27.3. The number of benzene rings is 4. The van der Waals surface area contributed by atoms with Gasteiger partial charge in [-0.3, -0.25) is 4.90 Å². The summed E-state index contributed by atoms with van der Waals surface area (Å²) in [6.07, 6.45) is -3.33. The Morgan fingerprint density at radius 1 is 0.694 bits per heavy atom. The first kappa shape index (κ1) is 34.1. The number of rotatable bonds is 14. The highest BCUT2D eigenvalue weighted by atomic mass is 16.7. The molecule has 49 heavy (non-hydrogen) atoms. The quantitative estimate of drug-likeness (QED) is 0.110. The lowest BCUT2D eigenvalue weighted by Gasteiger charge is -2.52. The van der Waals surface area contributed by atoms with Gasteiger partial charge in [0.1, 0.15) is 31.0 Å². The van der Waals surface area contributed by atoms with Crippen LogP contribution in [0.5, 0.6) is 0 Å². The van der Waals surface area contributed by atoms with Gasteiger partial charge in [-0.2, -0.15) is 0 Å². The molecule has 0 N–H and O–H groups in total. The van der Waals surface area contributed by atoms with Gasteiger partial charge in [0.05, 0.1) is 26.4 Å². The molecule has 0 radical (unpaired) electrons. The smallest absolute Gasteiger partial charge is 0.413 e. The lowest BCUT2D eigenvalue weighted by Crippen LogP contribution is -2.71. The van der Waals surface area contributed by atoms with Crippen LogP contribution < -0.4 is 0 Å². The van der Waals surface area contributed by atoms with Crippen molar-refractivity contribution in [3.63, 3.8) is 0 Å². The molecule has 0 unspecified atom stereocenters. The number of morpholine rings is 1. The van der Waals surface area contributed by atoms with Crippen LogP contribution in [0.4, 0.5) is 4.79 Å². The van der Waals surface area contributed by atoms with Crippen LogP contribution in [0.15, 0.2) is 134 Å². The van der Waals surface area contributed by atoms with Crippen molar-refractivity contribution in [2.75, 3.05) is 6.61 Å². The maximum atomic E-state index is 13.9. The lowest BCUT2D eigenvalue weighted by atomic mass is 9.94. The fourth-order valence-electron chi connectivity index (χ4n) is 6.07. The first-order valence-corrected chi connectivity index (χ1v) is 16.5. The highest BCUT2D eigenvalue weighted by Crippen LogP contribution is 2.36. The Hall–Kier alpha value is -4.80. The van der Waals surface area contributed by atoms with E-state index < -0.39 is 48.7 Å². The molecule has 0 spiro atoms. The van der Waals surface area contributed by atoms with Crippen molar-refractivity contribution in [1.29, 1.82) is 0 Å². The van der Waals surface area contributed by atoms with Gasteiger partial charge in [0, 0.05) is 0 Å². The van der Waals surface area contributed by atoms with Crippen LogP contribution in [0.3, 0.4) is 0 Å². The molecule has 9 nitrogen and oxygen atoms in total. The number of hydrogen-bond donors (Lipinski definition) is 0. The van der Waals surface area contributed by atoms with Gasteiger partial charge in [-0.1, -0.05) is 127 Å². The van der Waals surface area contributed by atoms with Gasteiger partial charge in [-0.15, -0.1) is 6.58 Å². The summed E-state index contributed by atoms with van der Waals surface area (Å²) in [7, 11) is 0. The number of esters is 1. The van der Waals surface area contributed by atoms with Crippen molar-refractivity contribution in [3.05, 3.63) is 156 Å². The second kappa shape index (κ2) is 17.0. The minimum Gasteiger partial charge on any atom is -0.453 e. The van der Waals surface area contributed by atoms with Gasteiger partial charge in [-0.25, -0.2) is 9.59 Å². The summed E-state index contributed by atoms with van der Waals surface area (Å²) < 4.78 is 38.0. The van der Waals surface area contributed by atoms with E-state index in [0.717, 1.165) is 22.3 Å². The zero-order valence-corrected chi connectivity index (χ0v) is 27.3. The monoisotopic (exact) mass is 663 g/mol. The third-order valence-corrected chi connectivity index (χ3v) is 8.51. The SMILES string of the molecule is C=CC[C@H]1C(=O)O[C@@H]2[C@@H](OCc3ccccc3)[C@H](OCc3ccccc3)[C@@H](COCc3ccccc3)O[C@H]2N1C(=O)OCc1ccccc1. The minimum absolute atomic E-state index is 0.0176. The summed E-state index contributed by atoms with van der Waals surface area (Å²) >= 11 is 0. The molecule has 2 fully saturated rings. The maximum Gasteiger partial charge on any atom is 0.413 e. The number of carbonyl (C=O) groups excluding carboxylic acids is 2. The van der Waals surface area contributed by atoms with Crippen LogP contribution in [0.25, 0.3) is 0 Å². The van der Waals surface area contributed by atoms with Crippen molar-refractivity contribution < 1.29 is 38.0 Å². The number of amides is 1. The number of nitrogens with zero attached hydrogens (tertiary/aromatic N) is 1. The van der Waals surface area contributed by atoms with Gasteiger partial charge < -0.3 is 28.4 Å². The van der Waals surface area contributed by atoms with Crippen molar-refractivity contribution >= 4 is 12.1 Å². The minimum atomic E-state index is -1.05. The number of carbonyl (C=O) groups is 2. The standard InChI is InChI=1S/C40H41NO8/c1-2-15-33-39(42)49-37-36(46-26-31-20-11-5-12-21-31)35(45-25-30-18-9-4-10-19-30)34(28-44-24-29-16-7-3-8-17-29)48-38(37)41(33)40(43)47-27-32-22-13-6-14-23-32/h2-14,16-23,33-38H,1,15,24-28H2/t33-,34+,35+,36-,37+,38+/m0/s1. The van der Waals surface area contributed by atoms with Crippen molar-refractivity contribution in [3.8, 4) is 0 Å². The number of ether oxygens (including phenoxy) is 6. The van der Waals surface area contributed by atoms with Gasteiger partial charge in [0.25, 0.3) is 0 Å². The van der Waals surface area contributed by atoms with E-state index in [2.05, 4.69) is 6.58 Å². The molecule has 4 aromatic rings. The molecule has 1 amide bonds. The molecule has 0 aromatic heterocycles. The van der Waals surface area contributed by atoms with Crippen LogP contribution in [-0.4, -0.2) is 60.3 Å². The molecule has 6 atom stereocenters. The molecular formula is C40H41NO8. The van der Waals surface area contributed by atoms with E-state index in [1.807, 2.05) is 121 Å². The zero-order chi connectivity index (χ0) is 33.8. The lowest BCUT2D eigenvalue weighted by molar-refractivity contribution is -0.304. The predicted molar refractivity (Wildman–Crippen MR) is 182 cm³/mol. The average molecular weight is 664 g/mol. The van der Waals surface area contributed by atoms with Gasteiger partial charge >= 0.3 is 12.1 Å². The molecule has 6 rings (SSSR count). The maximum absolute atomic E-state index is 13.9. The summed E-state index contributed by atoms with van der Waals surface area (Å²) in [4.78, 5) is 28.9. The Balaban J connectivity index is 1.32. The van der Waals surface area contributed by atoms with E-state index in [9.17, 15) is 9.59 Å². The van der Waals surface area contributed by atoms with E-state index >= 15 is 0 Å². The third kappa shape index (κ3) is 8.82. The second-order valence-corrected chi connectivity index (χ2v) is 12.0. The molecule has 2 saturated heterocycles. The van der Waals surface area contributed by atoms with Gasteiger partial charge in [0.15, 0.2) is 12.3 Å². The molecule has 0 aliphatic carbocycles. The van der Waals surface area contributed by atoms with Crippen molar-refractivity contribution in [2.45, 2.75) is 69.5 Å². The first-order chi connectivity index (χ1) is 24.1. The van der Waals surface area contributed by atoms with E-state index in [4.69, 9.17) is 28.4 Å². The fourth-order valence-corrected chi connectivity index (χ4v) is 6.07. The summed E-state index contributed by atoms with van der Waals surface area (Å²) in [6.45, 7) is 4.76. The second-order valence-electron chi connectivity index (χ2n) is 12.0. The van der Waals surface area contributed by atoms with Crippen molar-refractivity contribution in [2.24, 2.45) is 0 Å². The summed E-state index contributed by atoms with van der Waals surface area (Å²) in [5.41, 5.74) is 3.68. The van der Waals surface area contributed by atoms with Crippen LogP contribution in [0, 0.1) is 0 Å². The summed E-state index contributed by atoms with van der Waals surface area (Å²) in [5.74, 6) is -0.602. The van der Waals surface area contributed by atoms with Crippen LogP contribution in [-0.2, 0) is 59.6 Å². The molecule has 9 heteroatoms. The van der Waals surface area contributed by atoms with E-state index in [0.29, 0.717) is 6.61 Å². The summed E-state index contributed by atoms with van der Waals surface area (Å²) in [6, 6.07) is 37.6. The number of fused-ring (bicyclic) bond motifs is 1. The molecule has 254 valence electrons. The molecule has 0 saturated carbocycles. The molecule has 2 aliphatic rings. The Bertz CT molecular complexity index is 1620. The van der Waals surface area contributed by atoms with E-state index in [1.54, 1.807) is 6.08 Å². The largest absolute Gasteiger partial charge is 0.453 e. The highest BCUT2D eigenvalue weighted by Gasteiger charge is 2.58. The molecule has 0 bridgehead atoms. The fraction of sp³-hybridized carbons (Fsp3) is 0.300. The Labute approximate surface area is 287 Å². The van der Waals surface area contributed by atoms with E-state index in [-0.39, 0.29) is 32.8 Å². The third-order valence-electron chi connectivity index (χ3n) is 8.51. The first-order valence-electron chi connectivity index (χ1n) is 16.5. The number of hydrogen-bond acceptors (Lipinski definition) is 8. The molecule has 4 aromatic carbocycles. The summed E-state index contributed by atoms with van der Waals surface area (Å²) in [5, 5.41) is 0. The Kier molecular flexibility index (Phi) is 11.8.